The van der Waals surface area contributed by atoms with Crippen molar-refractivity contribution in [2.45, 2.75) is 33.1 Å². The van der Waals surface area contributed by atoms with E-state index in [2.05, 4.69) is 29.2 Å². The molecule has 0 spiro atoms. The average molecular weight is 285 g/mol. The molecule has 2 aromatic heterocycles. The second-order valence-electron chi connectivity index (χ2n) is 5.85. The lowest BCUT2D eigenvalue weighted by molar-refractivity contribution is 0.423. The normalized spacial score (nSPS) is 17.8. The van der Waals surface area contributed by atoms with Crippen molar-refractivity contribution < 1.29 is 0 Å². The van der Waals surface area contributed by atoms with Crippen LogP contribution in [0, 0.1) is 12.8 Å². The van der Waals surface area contributed by atoms with Crippen LogP contribution in [0.4, 0.5) is 0 Å². The molecule has 0 saturated carbocycles. The largest absolute Gasteiger partial charge is 0.317 e. The number of fused-ring (bicyclic) bond motifs is 1. The van der Waals surface area contributed by atoms with Gasteiger partial charge in [-0.25, -0.2) is 9.97 Å². The minimum atomic E-state index is 0.709. The third-order valence-corrected chi connectivity index (χ3v) is 4.21. The van der Waals surface area contributed by atoms with Crippen LogP contribution in [0.3, 0.4) is 0 Å². The number of nitrogens with zero attached hydrogens (tertiary/aromatic N) is 4. The summed E-state index contributed by atoms with van der Waals surface area (Å²) in [5.41, 5.74) is 4.54. The Bertz CT molecular complexity index is 632. The maximum Gasteiger partial charge on any atom is 0.180 e. The number of hydrogen-bond acceptors (Lipinski definition) is 4. The number of rotatable bonds is 4. The van der Waals surface area contributed by atoms with Crippen LogP contribution in [-0.2, 0) is 19.9 Å². The van der Waals surface area contributed by atoms with E-state index in [4.69, 9.17) is 4.98 Å². The summed E-state index contributed by atoms with van der Waals surface area (Å²) >= 11 is 0. The van der Waals surface area contributed by atoms with E-state index in [1.54, 1.807) is 4.68 Å². The Balaban J connectivity index is 1.86. The first-order chi connectivity index (χ1) is 10.2. The van der Waals surface area contributed by atoms with Crippen molar-refractivity contribution >= 4 is 0 Å². The first-order valence-electron chi connectivity index (χ1n) is 7.74. The third kappa shape index (κ3) is 2.97. The predicted octanol–water partition coefficient (Wildman–Crippen LogP) is 1.90. The van der Waals surface area contributed by atoms with Crippen LogP contribution in [0.5, 0.6) is 0 Å². The fourth-order valence-corrected chi connectivity index (χ4v) is 3.03. The number of aryl methyl sites for hydroxylation is 3. The van der Waals surface area contributed by atoms with Crippen LogP contribution in [-0.4, -0.2) is 32.8 Å². The van der Waals surface area contributed by atoms with E-state index < -0.39 is 0 Å². The third-order valence-electron chi connectivity index (χ3n) is 4.21. The lowest BCUT2D eigenvalue weighted by Gasteiger charge is -2.25. The summed E-state index contributed by atoms with van der Waals surface area (Å²) in [7, 11) is 1.92. The van der Waals surface area contributed by atoms with Gasteiger partial charge >= 0.3 is 0 Å². The molecule has 3 rings (SSSR count). The maximum absolute atomic E-state index is 4.77. The highest BCUT2D eigenvalue weighted by atomic mass is 15.3. The van der Waals surface area contributed by atoms with Gasteiger partial charge in [0.2, 0.25) is 0 Å². The highest BCUT2D eigenvalue weighted by molar-refractivity contribution is 5.50. The van der Waals surface area contributed by atoms with Gasteiger partial charge in [0.05, 0.1) is 0 Å². The van der Waals surface area contributed by atoms with E-state index >= 15 is 0 Å². The van der Waals surface area contributed by atoms with Crippen LogP contribution >= 0.6 is 0 Å². The van der Waals surface area contributed by atoms with Crippen LogP contribution in [0.1, 0.15) is 30.3 Å². The van der Waals surface area contributed by atoms with Gasteiger partial charge in [-0.3, -0.25) is 4.68 Å². The van der Waals surface area contributed by atoms with Crippen LogP contribution < -0.4 is 5.32 Å². The molecule has 1 unspecified atom stereocenters. The highest BCUT2D eigenvalue weighted by Gasteiger charge is 2.23. The number of hydrogen-bond donors (Lipinski definition) is 1. The van der Waals surface area contributed by atoms with Crippen molar-refractivity contribution in [2.75, 3.05) is 13.1 Å². The Morgan fingerprint density at radius 1 is 1.38 bits per heavy atom. The predicted molar refractivity (Wildman–Crippen MR) is 83.0 cm³/mol. The quantitative estimate of drug-likeness (QED) is 0.932. The molecule has 5 nitrogen and oxygen atoms in total. The van der Waals surface area contributed by atoms with Crippen LogP contribution in [0.15, 0.2) is 12.3 Å². The second kappa shape index (κ2) is 5.93. The van der Waals surface area contributed by atoms with Gasteiger partial charge in [-0.05, 0) is 56.8 Å². The molecular formula is C16H23N5. The fraction of sp³-hybridized carbons (Fsp3) is 0.562. The van der Waals surface area contributed by atoms with Crippen molar-refractivity contribution in [1.29, 1.82) is 0 Å². The Kier molecular flexibility index (Phi) is 4.01. The zero-order valence-corrected chi connectivity index (χ0v) is 13.1. The van der Waals surface area contributed by atoms with Crippen molar-refractivity contribution in [2.24, 2.45) is 13.0 Å². The van der Waals surface area contributed by atoms with Crippen LogP contribution in [0.25, 0.3) is 11.5 Å². The fourth-order valence-electron chi connectivity index (χ4n) is 3.03. The number of nitrogens with one attached hydrogen (secondary N) is 1. The first kappa shape index (κ1) is 14.2. The smallest absolute Gasteiger partial charge is 0.180 e. The summed E-state index contributed by atoms with van der Waals surface area (Å²) < 4.78 is 1.79. The van der Waals surface area contributed by atoms with Gasteiger partial charge in [-0.1, -0.05) is 6.92 Å². The second-order valence-corrected chi connectivity index (χ2v) is 5.85. The lowest BCUT2D eigenvalue weighted by atomic mass is 9.85. The van der Waals surface area contributed by atoms with E-state index in [9.17, 15) is 0 Å². The monoisotopic (exact) mass is 285 g/mol. The lowest BCUT2D eigenvalue weighted by Crippen LogP contribution is -2.28. The van der Waals surface area contributed by atoms with Gasteiger partial charge < -0.3 is 5.32 Å². The molecule has 1 aliphatic carbocycles. The summed E-state index contributed by atoms with van der Waals surface area (Å²) in [5.74, 6) is 1.47. The molecule has 0 aliphatic heterocycles. The Hall–Kier alpha value is -1.75. The highest BCUT2D eigenvalue weighted by Crippen LogP contribution is 2.27. The van der Waals surface area contributed by atoms with E-state index in [-0.39, 0.29) is 0 Å². The van der Waals surface area contributed by atoms with E-state index in [1.807, 2.05) is 19.3 Å². The summed E-state index contributed by atoms with van der Waals surface area (Å²) in [6.07, 6.45) is 5.28. The van der Waals surface area contributed by atoms with Gasteiger partial charge in [0, 0.05) is 24.6 Å². The zero-order valence-electron chi connectivity index (χ0n) is 13.1. The SMILES string of the molecule is CCNCC1CCc2nc(-c3ccn(C)n3)nc(C)c2C1. The molecule has 112 valence electrons. The Labute approximate surface area is 125 Å². The van der Waals surface area contributed by atoms with E-state index in [0.29, 0.717) is 5.92 Å². The van der Waals surface area contributed by atoms with Gasteiger partial charge in [-0.15, -0.1) is 0 Å². The van der Waals surface area contributed by atoms with Gasteiger partial charge in [0.1, 0.15) is 5.69 Å². The molecule has 2 heterocycles. The molecule has 0 bridgehead atoms. The topological polar surface area (TPSA) is 55.6 Å². The summed E-state index contributed by atoms with van der Waals surface area (Å²) in [4.78, 5) is 9.44. The molecule has 2 aromatic rings. The summed E-state index contributed by atoms with van der Waals surface area (Å²) in [6.45, 7) is 6.39. The Morgan fingerprint density at radius 2 is 2.24 bits per heavy atom. The molecule has 5 heteroatoms. The van der Waals surface area contributed by atoms with Gasteiger partial charge in [0.15, 0.2) is 5.82 Å². The number of aromatic nitrogens is 4. The molecule has 1 N–H and O–H groups in total. The molecule has 0 saturated heterocycles. The van der Waals surface area contributed by atoms with Gasteiger partial charge in [0.25, 0.3) is 0 Å². The molecule has 0 aromatic carbocycles. The molecule has 0 amide bonds. The molecule has 1 aliphatic rings. The zero-order chi connectivity index (χ0) is 14.8. The van der Waals surface area contributed by atoms with E-state index in [0.717, 1.165) is 43.1 Å². The van der Waals surface area contributed by atoms with Crippen molar-refractivity contribution in [3.63, 3.8) is 0 Å². The molecule has 1 atom stereocenters. The maximum atomic E-state index is 4.77. The van der Waals surface area contributed by atoms with Gasteiger partial charge in [-0.2, -0.15) is 5.10 Å². The molecule has 0 fully saturated rings. The van der Waals surface area contributed by atoms with E-state index in [1.165, 1.54) is 17.7 Å². The standard InChI is InChI=1S/C16H23N5/c1-4-17-10-12-5-6-14-13(9-12)11(2)18-16(19-14)15-7-8-21(3)20-15/h7-8,12,17H,4-6,9-10H2,1-3H3. The summed E-state index contributed by atoms with van der Waals surface area (Å²) in [5, 5.41) is 7.86. The minimum absolute atomic E-state index is 0.709. The first-order valence-corrected chi connectivity index (χ1v) is 7.74. The molecular weight excluding hydrogens is 262 g/mol. The molecule has 0 radical (unpaired) electrons. The van der Waals surface area contributed by atoms with Crippen LogP contribution in [0.2, 0.25) is 0 Å². The van der Waals surface area contributed by atoms with Crippen molar-refractivity contribution in [1.82, 2.24) is 25.1 Å². The minimum Gasteiger partial charge on any atom is -0.317 e. The van der Waals surface area contributed by atoms with Crippen molar-refractivity contribution in [3.8, 4) is 11.5 Å². The Morgan fingerprint density at radius 3 is 2.95 bits per heavy atom. The average Bonchev–Trinajstić information content (AvgIpc) is 2.92. The van der Waals surface area contributed by atoms with Crippen molar-refractivity contribution in [3.05, 3.63) is 29.2 Å². The summed E-state index contributed by atoms with van der Waals surface area (Å²) in [6, 6.07) is 1.97. The molecule has 21 heavy (non-hydrogen) atoms.